The second-order valence-corrected chi connectivity index (χ2v) is 6.53. The molecule has 0 spiro atoms. The lowest BCUT2D eigenvalue weighted by atomic mass is 9.93. The summed E-state index contributed by atoms with van der Waals surface area (Å²) in [5.41, 5.74) is 2.20. The highest BCUT2D eigenvalue weighted by molar-refractivity contribution is 5.73. The Morgan fingerprint density at radius 2 is 2.00 bits per heavy atom. The minimum absolute atomic E-state index is 0.0320. The number of carbonyl (C=O) groups is 1. The topological polar surface area (TPSA) is 71.3 Å². The summed E-state index contributed by atoms with van der Waals surface area (Å²) in [5.74, 6) is -1.49. The smallest absolute Gasteiger partial charge is 0.352 e. The maximum absolute atomic E-state index is 12.6. The number of aryl methyl sites for hydroxylation is 1. The van der Waals surface area contributed by atoms with Crippen molar-refractivity contribution in [1.82, 2.24) is 20.4 Å². The number of alkyl halides is 3. The van der Waals surface area contributed by atoms with Crippen LogP contribution in [0.1, 0.15) is 35.7 Å². The van der Waals surface area contributed by atoms with Crippen LogP contribution in [0.5, 0.6) is 0 Å². The second-order valence-electron chi connectivity index (χ2n) is 6.53. The Hall–Kier alpha value is -2.42. The Labute approximate surface area is 148 Å². The number of benzene rings is 1. The lowest BCUT2D eigenvalue weighted by molar-refractivity contribution is -0.146. The Morgan fingerprint density at radius 3 is 2.58 bits per heavy atom. The summed E-state index contributed by atoms with van der Waals surface area (Å²) in [6.07, 6.45) is -4.63. The number of aromatic nitrogens is 2. The first-order valence-electron chi connectivity index (χ1n) is 8.18. The van der Waals surface area contributed by atoms with Crippen molar-refractivity contribution in [3.8, 4) is 0 Å². The average Bonchev–Trinajstić information content (AvgIpc) is 3.15. The van der Waals surface area contributed by atoms with Gasteiger partial charge in [-0.2, -0.15) is 18.2 Å². The standard InChI is InChI=1S/C17H19F3N4O2/c1-10-3-5-12(6-4-10)13-7-24(8-14(13)21-11(2)25)9-15-22-16(23-26-15)17(18,19)20/h3-6,13-14H,7-9H2,1-2H3,(H,21,25)/t13-,14+/m1/s1. The van der Waals surface area contributed by atoms with E-state index >= 15 is 0 Å². The Bertz CT molecular complexity index is 773. The van der Waals surface area contributed by atoms with Gasteiger partial charge in [0.2, 0.25) is 11.8 Å². The fourth-order valence-corrected chi connectivity index (χ4v) is 3.20. The Morgan fingerprint density at radius 1 is 1.31 bits per heavy atom. The van der Waals surface area contributed by atoms with Crippen molar-refractivity contribution in [2.45, 2.75) is 38.5 Å². The molecule has 1 saturated heterocycles. The van der Waals surface area contributed by atoms with E-state index in [2.05, 4.69) is 15.5 Å². The highest BCUT2D eigenvalue weighted by Crippen LogP contribution is 2.30. The maximum Gasteiger partial charge on any atom is 0.455 e. The zero-order chi connectivity index (χ0) is 18.9. The van der Waals surface area contributed by atoms with Crippen LogP contribution in [-0.2, 0) is 17.5 Å². The fourth-order valence-electron chi connectivity index (χ4n) is 3.20. The van der Waals surface area contributed by atoms with Gasteiger partial charge in [-0.1, -0.05) is 35.0 Å². The first-order valence-corrected chi connectivity index (χ1v) is 8.18. The molecular weight excluding hydrogens is 349 g/mol. The normalized spacial score (nSPS) is 21.1. The molecule has 1 aliphatic rings. The molecular formula is C17H19F3N4O2. The third-order valence-corrected chi connectivity index (χ3v) is 4.37. The van der Waals surface area contributed by atoms with Crippen molar-refractivity contribution >= 4 is 5.91 Å². The molecule has 0 aliphatic carbocycles. The van der Waals surface area contributed by atoms with Gasteiger partial charge in [-0.15, -0.1) is 0 Å². The summed E-state index contributed by atoms with van der Waals surface area (Å²) in [6, 6.07) is 7.87. The van der Waals surface area contributed by atoms with Gasteiger partial charge in [0.25, 0.3) is 5.82 Å². The molecule has 2 atom stereocenters. The van der Waals surface area contributed by atoms with Crippen LogP contribution in [0, 0.1) is 6.92 Å². The molecule has 26 heavy (non-hydrogen) atoms. The third-order valence-electron chi connectivity index (χ3n) is 4.37. The van der Waals surface area contributed by atoms with Gasteiger partial charge in [0.1, 0.15) is 0 Å². The van der Waals surface area contributed by atoms with Crippen molar-refractivity contribution in [1.29, 1.82) is 0 Å². The molecule has 6 nitrogen and oxygen atoms in total. The van der Waals surface area contributed by atoms with Crippen LogP contribution in [-0.4, -0.2) is 40.1 Å². The quantitative estimate of drug-likeness (QED) is 0.898. The summed E-state index contributed by atoms with van der Waals surface area (Å²) in [4.78, 5) is 16.8. The van der Waals surface area contributed by atoms with E-state index in [4.69, 9.17) is 4.52 Å². The summed E-state index contributed by atoms with van der Waals surface area (Å²) in [5, 5.41) is 5.90. The Balaban J connectivity index is 1.74. The minimum atomic E-state index is -4.63. The largest absolute Gasteiger partial charge is 0.455 e. The van der Waals surface area contributed by atoms with Gasteiger partial charge in [-0.3, -0.25) is 9.69 Å². The van der Waals surface area contributed by atoms with Crippen molar-refractivity contribution in [2.75, 3.05) is 13.1 Å². The lowest BCUT2D eigenvalue weighted by Gasteiger charge is -2.19. The number of hydrogen-bond acceptors (Lipinski definition) is 5. The molecule has 1 N–H and O–H groups in total. The van der Waals surface area contributed by atoms with Crippen molar-refractivity contribution in [2.24, 2.45) is 0 Å². The average molecular weight is 368 g/mol. The van der Waals surface area contributed by atoms with Gasteiger partial charge < -0.3 is 9.84 Å². The van der Waals surface area contributed by atoms with E-state index < -0.39 is 12.0 Å². The molecule has 0 radical (unpaired) electrons. The van der Waals surface area contributed by atoms with Crippen LogP contribution in [0.4, 0.5) is 13.2 Å². The first-order chi connectivity index (χ1) is 12.2. The number of nitrogens with one attached hydrogen (secondary N) is 1. The lowest BCUT2D eigenvalue weighted by Crippen LogP contribution is -2.38. The molecule has 1 aromatic carbocycles. The van der Waals surface area contributed by atoms with E-state index in [1.54, 1.807) is 0 Å². The zero-order valence-corrected chi connectivity index (χ0v) is 14.4. The van der Waals surface area contributed by atoms with Crippen LogP contribution in [0.25, 0.3) is 0 Å². The van der Waals surface area contributed by atoms with E-state index in [-0.39, 0.29) is 30.3 Å². The van der Waals surface area contributed by atoms with Gasteiger partial charge in [0, 0.05) is 32.0 Å². The third kappa shape index (κ3) is 4.21. The predicted octanol–water partition coefficient (Wildman–Crippen LogP) is 2.50. The van der Waals surface area contributed by atoms with Gasteiger partial charge in [0.15, 0.2) is 0 Å². The monoisotopic (exact) mass is 368 g/mol. The molecule has 140 valence electrons. The van der Waals surface area contributed by atoms with E-state index in [0.717, 1.165) is 11.1 Å². The molecule has 1 aromatic heterocycles. The number of rotatable bonds is 4. The minimum Gasteiger partial charge on any atom is -0.352 e. The number of halogens is 3. The molecule has 0 saturated carbocycles. The van der Waals surface area contributed by atoms with Crippen LogP contribution in [0.2, 0.25) is 0 Å². The molecule has 0 bridgehead atoms. The second kappa shape index (κ2) is 7.06. The molecule has 9 heteroatoms. The van der Waals surface area contributed by atoms with E-state index in [0.29, 0.717) is 13.1 Å². The molecule has 0 unspecified atom stereocenters. The summed E-state index contributed by atoms with van der Waals surface area (Å²) < 4.78 is 42.5. The highest BCUT2D eigenvalue weighted by atomic mass is 19.4. The molecule has 1 aliphatic heterocycles. The van der Waals surface area contributed by atoms with E-state index in [9.17, 15) is 18.0 Å². The number of nitrogens with zero attached hydrogens (tertiary/aromatic N) is 3. The molecule has 2 heterocycles. The van der Waals surface area contributed by atoms with Gasteiger partial charge in [-0.05, 0) is 12.5 Å². The van der Waals surface area contributed by atoms with E-state index in [1.807, 2.05) is 36.1 Å². The van der Waals surface area contributed by atoms with Crippen LogP contribution in [0.15, 0.2) is 28.8 Å². The predicted molar refractivity (Wildman–Crippen MR) is 86.1 cm³/mol. The summed E-state index contributed by atoms with van der Waals surface area (Å²) in [6.45, 7) is 4.59. The number of amides is 1. The van der Waals surface area contributed by atoms with Crippen molar-refractivity contribution in [3.05, 3.63) is 47.1 Å². The summed E-state index contributed by atoms with van der Waals surface area (Å²) in [7, 11) is 0. The summed E-state index contributed by atoms with van der Waals surface area (Å²) >= 11 is 0. The zero-order valence-electron chi connectivity index (χ0n) is 14.4. The van der Waals surface area contributed by atoms with Crippen LogP contribution in [0.3, 0.4) is 0 Å². The SMILES string of the molecule is CC(=O)N[C@H]1CN(Cc2nc(C(F)(F)F)no2)C[C@@H]1c1ccc(C)cc1. The van der Waals surface area contributed by atoms with Crippen molar-refractivity contribution in [3.63, 3.8) is 0 Å². The van der Waals surface area contributed by atoms with E-state index in [1.165, 1.54) is 6.92 Å². The Kier molecular flexibility index (Phi) is 4.99. The number of carbonyl (C=O) groups excluding carboxylic acids is 1. The molecule has 2 aromatic rings. The number of likely N-dealkylation sites (tertiary alicyclic amines) is 1. The van der Waals surface area contributed by atoms with Crippen LogP contribution < -0.4 is 5.32 Å². The molecule has 1 amide bonds. The molecule has 1 fully saturated rings. The van der Waals surface area contributed by atoms with Gasteiger partial charge in [-0.25, -0.2) is 0 Å². The maximum atomic E-state index is 12.6. The van der Waals surface area contributed by atoms with Gasteiger partial charge in [0.05, 0.1) is 6.54 Å². The highest BCUT2D eigenvalue weighted by Gasteiger charge is 2.38. The number of hydrogen-bond donors (Lipinski definition) is 1. The van der Waals surface area contributed by atoms with Crippen molar-refractivity contribution < 1.29 is 22.5 Å². The fraction of sp³-hybridized carbons (Fsp3) is 0.471. The first kappa shape index (κ1) is 18.4. The molecule has 3 rings (SSSR count). The van der Waals surface area contributed by atoms with Gasteiger partial charge >= 0.3 is 6.18 Å². The van der Waals surface area contributed by atoms with Crippen LogP contribution >= 0.6 is 0 Å².